The smallest absolute Gasteiger partial charge is 0.492 e. The Morgan fingerprint density at radius 2 is 1.87 bits per heavy atom. The van der Waals surface area contributed by atoms with Crippen molar-refractivity contribution in [2.75, 3.05) is 6.61 Å². The molecule has 2 atom stereocenters. The summed E-state index contributed by atoms with van der Waals surface area (Å²) in [5.41, 5.74) is 0.811. The molecule has 31 heavy (non-hydrogen) atoms. The first kappa shape index (κ1) is 22.6. The Balaban J connectivity index is 0.000000196. The van der Waals surface area contributed by atoms with Gasteiger partial charge in [0.25, 0.3) is 0 Å². The van der Waals surface area contributed by atoms with Crippen LogP contribution >= 0.6 is 0 Å². The van der Waals surface area contributed by atoms with Gasteiger partial charge in [0.2, 0.25) is 0 Å². The van der Waals surface area contributed by atoms with Gasteiger partial charge in [0.05, 0.1) is 17.5 Å². The zero-order valence-corrected chi connectivity index (χ0v) is 16.7. The molecule has 1 N–H and O–H groups in total. The normalized spacial score (nSPS) is 16.2. The number of halogens is 4. The first-order valence-corrected chi connectivity index (χ1v) is 10.1. The van der Waals surface area contributed by atoms with E-state index < -0.39 is 28.9 Å². The summed E-state index contributed by atoms with van der Waals surface area (Å²) in [6.07, 6.45) is 0.876. The Morgan fingerprint density at radius 3 is 2.58 bits per heavy atom. The highest BCUT2D eigenvalue weighted by atomic mass is 32.2. The van der Waals surface area contributed by atoms with Crippen LogP contribution in [0.4, 0.5) is 17.6 Å². The van der Waals surface area contributed by atoms with Crippen LogP contribution in [0.15, 0.2) is 72.0 Å². The van der Waals surface area contributed by atoms with Gasteiger partial charge >= 0.3 is 6.36 Å². The van der Waals surface area contributed by atoms with Gasteiger partial charge < -0.3 is 9.47 Å². The van der Waals surface area contributed by atoms with E-state index in [-0.39, 0.29) is 6.04 Å². The van der Waals surface area contributed by atoms with E-state index >= 15 is 0 Å². The van der Waals surface area contributed by atoms with Gasteiger partial charge in [0, 0.05) is 25.0 Å². The van der Waals surface area contributed by atoms with Gasteiger partial charge in [-0.3, -0.25) is 9.97 Å². The Labute approximate surface area is 177 Å². The van der Waals surface area contributed by atoms with E-state index in [1.807, 2.05) is 12.1 Å². The lowest BCUT2D eigenvalue weighted by Crippen LogP contribution is -2.29. The molecule has 0 amide bonds. The quantitative estimate of drug-likeness (QED) is 0.593. The number of nitrogens with zero attached hydrogens (tertiary/aromatic N) is 2. The molecule has 0 aliphatic carbocycles. The number of ether oxygens (including phenoxy) is 2. The summed E-state index contributed by atoms with van der Waals surface area (Å²) in [7, 11) is -1.30. The van der Waals surface area contributed by atoms with E-state index in [4.69, 9.17) is 4.74 Å². The third-order valence-corrected chi connectivity index (χ3v) is 5.12. The van der Waals surface area contributed by atoms with Crippen molar-refractivity contribution < 1.29 is 31.2 Å². The Hall–Kier alpha value is -3.05. The fraction of sp³-hybridized carbons (Fsp3) is 0.200. The molecule has 0 spiro atoms. The van der Waals surface area contributed by atoms with E-state index in [0.29, 0.717) is 11.5 Å². The third kappa shape index (κ3) is 6.72. The molecule has 0 bridgehead atoms. The highest BCUT2D eigenvalue weighted by molar-refractivity contribution is 7.83. The van der Waals surface area contributed by atoms with E-state index in [2.05, 4.69) is 19.4 Å². The largest absolute Gasteiger partial charge is 0.573 e. The number of hydrogen-bond donors (Lipinski definition) is 1. The summed E-state index contributed by atoms with van der Waals surface area (Å²) in [5, 5.41) is 0. The molecule has 164 valence electrons. The number of rotatable bonds is 4. The lowest BCUT2D eigenvalue weighted by atomic mass is 10.1. The lowest BCUT2D eigenvalue weighted by molar-refractivity contribution is -0.275. The van der Waals surface area contributed by atoms with Crippen LogP contribution in [0.5, 0.6) is 11.5 Å². The molecule has 11 heteroatoms. The van der Waals surface area contributed by atoms with Gasteiger partial charge in [-0.05, 0) is 36.4 Å². The maximum Gasteiger partial charge on any atom is 0.573 e. The highest BCUT2D eigenvalue weighted by Crippen LogP contribution is 2.30. The summed E-state index contributed by atoms with van der Waals surface area (Å²) in [5.74, 6) is -1.09. The van der Waals surface area contributed by atoms with Crippen LogP contribution < -0.4 is 14.2 Å². The molecule has 0 saturated carbocycles. The minimum atomic E-state index is -4.85. The second-order valence-corrected chi connectivity index (χ2v) is 7.37. The minimum absolute atomic E-state index is 0.0639. The molecule has 0 radical (unpaired) electrons. The summed E-state index contributed by atoms with van der Waals surface area (Å²) < 4.78 is 71.3. The fourth-order valence-corrected chi connectivity index (χ4v) is 3.61. The van der Waals surface area contributed by atoms with Gasteiger partial charge in [-0.1, -0.05) is 12.1 Å². The van der Waals surface area contributed by atoms with E-state index in [1.165, 1.54) is 12.1 Å². The van der Waals surface area contributed by atoms with Crippen LogP contribution in [0.25, 0.3) is 0 Å². The van der Waals surface area contributed by atoms with Crippen molar-refractivity contribution in [1.82, 2.24) is 14.7 Å². The lowest BCUT2D eigenvalue weighted by Gasteiger charge is -2.24. The number of para-hydroxylation sites is 1. The predicted molar refractivity (Wildman–Crippen MR) is 104 cm³/mol. The number of hydrogen-bond acceptors (Lipinski definition) is 5. The molecule has 1 aromatic carbocycles. The number of aromatic nitrogens is 2. The number of pyridine rings is 2. The highest BCUT2D eigenvalue weighted by Gasteiger charge is 2.32. The van der Waals surface area contributed by atoms with Gasteiger partial charge in [-0.15, -0.1) is 13.2 Å². The van der Waals surface area contributed by atoms with Crippen LogP contribution in [0.2, 0.25) is 0 Å². The molecule has 0 fully saturated rings. The van der Waals surface area contributed by atoms with Crippen molar-refractivity contribution in [3.8, 4) is 11.5 Å². The van der Waals surface area contributed by atoms with Crippen LogP contribution in [-0.2, 0) is 11.0 Å². The molecule has 3 heterocycles. The summed E-state index contributed by atoms with van der Waals surface area (Å²) in [4.78, 5) is 8.94. The van der Waals surface area contributed by atoms with Gasteiger partial charge in [0.15, 0.2) is 11.6 Å². The van der Waals surface area contributed by atoms with Crippen molar-refractivity contribution in [3.63, 3.8) is 0 Å². The summed E-state index contributed by atoms with van der Waals surface area (Å²) in [6.45, 7) is 0.598. The average Bonchev–Trinajstić information content (AvgIpc) is 2.76. The molecule has 1 aliphatic rings. The minimum Gasteiger partial charge on any atom is -0.492 e. The first-order chi connectivity index (χ1) is 14.8. The van der Waals surface area contributed by atoms with Crippen LogP contribution in [-0.4, -0.2) is 27.1 Å². The molecule has 4 rings (SSSR count). The topological polar surface area (TPSA) is 73.3 Å². The van der Waals surface area contributed by atoms with E-state index in [9.17, 15) is 21.8 Å². The van der Waals surface area contributed by atoms with E-state index in [1.54, 1.807) is 30.7 Å². The predicted octanol–water partition coefficient (Wildman–Crippen LogP) is 4.34. The maximum absolute atomic E-state index is 12.5. The van der Waals surface area contributed by atoms with Crippen LogP contribution in [0.3, 0.4) is 0 Å². The summed E-state index contributed by atoms with van der Waals surface area (Å²) in [6, 6.07) is 11.5. The molecular weight excluding hydrogens is 438 g/mol. The monoisotopic (exact) mass is 455 g/mol. The second-order valence-electron chi connectivity index (χ2n) is 6.13. The van der Waals surface area contributed by atoms with E-state index in [0.717, 1.165) is 30.0 Å². The third-order valence-electron chi connectivity index (χ3n) is 3.95. The van der Waals surface area contributed by atoms with Crippen LogP contribution in [0.1, 0.15) is 18.2 Å². The zero-order valence-electron chi connectivity index (χ0n) is 15.9. The molecule has 3 aromatic rings. The van der Waals surface area contributed by atoms with Crippen molar-refractivity contribution in [1.29, 1.82) is 0 Å². The molecule has 0 saturated heterocycles. The molecule has 2 unspecified atom stereocenters. The molecule has 1 aliphatic heterocycles. The fourth-order valence-electron chi connectivity index (χ4n) is 2.63. The van der Waals surface area contributed by atoms with Crippen molar-refractivity contribution >= 4 is 11.0 Å². The van der Waals surface area contributed by atoms with Crippen molar-refractivity contribution in [3.05, 3.63) is 78.6 Å². The Bertz CT molecular complexity index is 1020. The maximum atomic E-state index is 12.5. The molecule has 6 nitrogen and oxygen atoms in total. The first-order valence-electron chi connectivity index (χ1n) is 8.99. The standard InChI is InChI=1S/C13H13N3O2S.C7H4F4O/c17-19(10-3-1-6-14-9-10)16-11-5-8-18-12-4-2-7-15-13(11)12;8-5-3-1-2-4-6(5)12-7(9,10)11/h1-4,6-7,9,11,16H,5,8H2;1-4H. The number of nitrogens with one attached hydrogen (secondary N) is 1. The Kier molecular flexibility index (Phi) is 7.53. The zero-order chi connectivity index (χ0) is 22.3. The van der Waals surface area contributed by atoms with Gasteiger partial charge in [0.1, 0.15) is 22.4 Å². The second kappa shape index (κ2) is 10.3. The van der Waals surface area contributed by atoms with Crippen molar-refractivity contribution in [2.24, 2.45) is 0 Å². The van der Waals surface area contributed by atoms with Gasteiger partial charge in [-0.25, -0.2) is 13.3 Å². The Morgan fingerprint density at radius 1 is 1.10 bits per heavy atom. The number of fused-ring (bicyclic) bond motifs is 1. The van der Waals surface area contributed by atoms with Crippen LogP contribution in [0, 0.1) is 5.82 Å². The van der Waals surface area contributed by atoms with Crippen molar-refractivity contribution in [2.45, 2.75) is 23.7 Å². The SMILES string of the molecule is Fc1ccccc1OC(F)(F)F.O=S(NC1CCOc2cccnc21)c1cccnc1. The number of benzene rings is 1. The molecular formula is C20H17F4N3O3S. The molecule has 2 aromatic heterocycles. The average molecular weight is 455 g/mol. The number of alkyl halides is 3. The van der Waals surface area contributed by atoms with Gasteiger partial charge in [-0.2, -0.15) is 0 Å². The summed E-state index contributed by atoms with van der Waals surface area (Å²) >= 11 is 0.